The molecule has 0 aliphatic carbocycles. The number of carbonyl (C=O) groups excluding carboxylic acids is 1. The number of thiazole rings is 1. The summed E-state index contributed by atoms with van der Waals surface area (Å²) in [6, 6.07) is 9.98. The zero-order valence-corrected chi connectivity index (χ0v) is 18.8. The maximum absolute atomic E-state index is 13.3. The summed E-state index contributed by atoms with van der Waals surface area (Å²) in [6.07, 6.45) is 0.199. The van der Waals surface area contributed by atoms with Gasteiger partial charge in [-0.15, -0.1) is 0 Å². The quantitative estimate of drug-likeness (QED) is 0.496. The van der Waals surface area contributed by atoms with Crippen LogP contribution >= 0.6 is 11.3 Å². The molecule has 0 spiro atoms. The molecule has 0 bridgehead atoms. The minimum atomic E-state index is -0.307. The predicted octanol–water partition coefficient (Wildman–Crippen LogP) is 4.67. The minimum absolute atomic E-state index is 0.0514. The summed E-state index contributed by atoms with van der Waals surface area (Å²) in [5.74, 6) is 0.343. The maximum atomic E-state index is 13.3. The molecule has 0 atom stereocenters. The van der Waals surface area contributed by atoms with Crippen molar-refractivity contribution in [2.75, 3.05) is 38.2 Å². The second-order valence-electron chi connectivity index (χ2n) is 7.13. The minimum Gasteiger partial charge on any atom is -0.494 e. The van der Waals surface area contributed by atoms with Crippen LogP contribution in [0.4, 0.5) is 9.52 Å². The molecular formula is C23H28FN3O2S. The Morgan fingerprint density at radius 1 is 1.10 bits per heavy atom. The highest BCUT2D eigenvalue weighted by Gasteiger charge is 2.22. The summed E-state index contributed by atoms with van der Waals surface area (Å²) in [5, 5.41) is 0.664. The van der Waals surface area contributed by atoms with Gasteiger partial charge in [0.2, 0.25) is 5.91 Å². The lowest BCUT2D eigenvalue weighted by Crippen LogP contribution is -2.39. The summed E-state index contributed by atoms with van der Waals surface area (Å²) in [7, 11) is 1.63. The van der Waals surface area contributed by atoms with Crippen molar-refractivity contribution in [3.05, 3.63) is 53.3 Å². The number of aromatic nitrogens is 1. The van der Waals surface area contributed by atoms with Crippen LogP contribution in [-0.2, 0) is 11.2 Å². The number of anilines is 1. The number of carbonyl (C=O) groups is 1. The number of ether oxygens (including phenoxy) is 1. The molecule has 0 fully saturated rings. The van der Waals surface area contributed by atoms with Crippen molar-refractivity contribution in [3.8, 4) is 5.75 Å². The molecule has 0 N–H and O–H groups in total. The van der Waals surface area contributed by atoms with Crippen molar-refractivity contribution < 1.29 is 13.9 Å². The van der Waals surface area contributed by atoms with Crippen molar-refractivity contribution in [1.82, 2.24) is 9.88 Å². The van der Waals surface area contributed by atoms with E-state index in [1.54, 1.807) is 24.1 Å². The first-order chi connectivity index (χ1) is 14.5. The van der Waals surface area contributed by atoms with Crippen LogP contribution in [0.2, 0.25) is 0 Å². The Morgan fingerprint density at radius 2 is 1.80 bits per heavy atom. The average molecular weight is 430 g/mol. The summed E-state index contributed by atoms with van der Waals surface area (Å²) in [4.78, 5) is 22.1. The monoisotopic (exact) mass is 429 g/mol. The van der Waals surface area contributed by atoms with Crippen LogP contribution in [0.5, 0.6) is 5.75 Å². The topological polar surface area (TPSA) is 45.7 Å². The Balaban J connectivity index is 1.94. The number of rotatable bonds is 9. The number of nitrogens with zero attached hydrogens (tertiary/aromatic N) is 3. The Kier molecular flexibility index (Phi) is 7.39. The molecule has 0 aliphatic heterocycles. The van der Waals surface area contributed by atoms with E-state index in [1.807, 2.05) is 19.1 Å². The van der Waals surface area contributed by atoms with Crippen LogP contribution in [0, 0.1) is 12.7 Å². The maximum Gasteiger partial charge on any atom is 0.233 e. The van der Waals surface area contributed by atoms with Crippen molar-refractivity contribution in [2.24, 2.45) is 0 Å². The molecule has 7 heteroatoms. The SMILES string of the molecule is CCN(CC)CCN(C(=O)Cc1ccc(F)cc1)c1nc2c(OC)ccc(C)c2s1. The van der Waals surface area contributed by atoms with E-state index in [-0.39, 0.29) is 18.1 Å². The van der Waals surface area contributed by atoms with Gasteiger partial charge in [0.25, 0.3) is 0 Å². The van der Waals surface area contributed by atoms with E-state index in [2.05, 4.69) is 18.7 Å². The fourth-order valence-electron chi connectivity index (χ4n) is 3.36. The molecule has 3 aromatic rings. The zero-order chi connectivity index (χ0) is 21.7. The highest BCUT2D eigenvalue weighted by atomic mass is 32.1. The number of likely N-dealkylation sites (N-methyl/N-ethyl adjacent to an activating group) is 1. The molecule has 5 nitrogen and oxygen atoms in total. The van der Waals surface area contributed by atoms with Crippen LogP contribution in [0.3, 0.4) is 0 Å². The van der Waals surface area contributed by atoms with Crippen molar-refractivity contribution in [2.45, 2.75) is 27.2 Å². The smallest absolute Gasteiger partial charge is 0.233 e. The second kappa shape index (κ2) is 10.00. The van der Waals surface area contributed by atoms with Gasteiger partial charge in [-0.2, -0.15) is 0 Å². The van der Waals surface area contributed by atoms with E-state index in [9.17, 15) is 9.18 Å². The van der Waals surface area contributed by atoms with Gasteiger partial charge in [-0.05, 0) is 49.3 Å². The first kappa shape index (κ1) is 22.2. The Hall–Kier alpha value is -2.51. The molecule has 3 rings (SSSR count). The van der Waals surface area contributed by atoms with Crippen LogP contribution in [0.25, 0.3) is 10.2 Å². The first-order valence-electron chi connectivity index (χ1n) is 10.2. The second-order valence-corrected chi connectivity index (χ2v) is 8.11. The average Bonchev–Trinajstić information content (AvgIpc) is 3.19. The van der Waals surface area contributed by atoms with Crippen LogP contribution in [0.1, 0.15) is 25.0 Å². The van der Waals surface area contributed by atoms with Crippen molar-refractivity contribution >= 4 is 32.6 Å². The zero-order valence-electron chi connectivity index (χ0n) is 17.9. The number of hydrogen-bond donors (Lipinski definition) is 0. The third-order valence-corrected chi connectivity index (χ3v) is 6.46. The molecule has 160 valence electrons. The van der Waals surface area contributed by atoms with Crippen LogP contribution in [-0.4, -0.2) is 49.1 Å². The highest BCUT2D eigenvalue weighted by molar-refractivity contribution is 7.22. The number of aryl methyl sites for hydroxylation is 1. The fourth-order valence-corrected chi connectivity index (χ4v) is 4.45. The van der Waals surface area contributed by atoms with Gasteiger partial charge in [0.15, 0.2) is 5.13 Å². The standard InChI is InChI=1S/C23H28FN3O2S/c1-5-26(6-2)13-14-27(20(28)15-17-8-10-18(24)11-9-17)23-25-21-19(29-4)12-7-16(3)22(21)30-23/h7-12H,5-6,13-15H2,1-4H3. The fraction of sp³-hybridized carbons (Fsp3) is 0.391. The summed E-state index contributed by atoms with van der Waals surface area (Å²) >= 11 is 1.51. The molecule has 0 aliphatic rings. The third kappa shape index (κ3) is 4.96. The summed E-state index contributed by atoms with van der Waals surface area (Å²) < 4.78 is 19.7. The molecule has 1 amide bonds. The van der Waals surface area contributed by atoms with Crippen molar-refractivity contribution in [3.63, 3.8) is 0 Å². The first-order valence-corrected chi connectivity index (χ1v) is 11.0. The number of fused-ring (bicyclic) bond motifs is 1. The van der Waals surface area contributed by atoms with E-state index >= 15 is 0 Å². The van der Waals surface area contributed by atoms with Gasteiger partial charge >= 0.3 is 0 Å². The van der Waals surface area contributed by atoms with Gasteiger partial charge in [0, 0.05) is 13.1 Å². The van der Waals surface area contributed by atoms with E-state index < -0.39 is 0 Å². The van der Waals surface area contributed by atoms with Gasteiger partial charge < -0.3 is 9.64 Å². The molecule has 0 unspecified atom stereocenters. The highest BCUT2D eigenvalue weighted by Crippen LogP contribution is 2.36. The molecule has 0 radical (unpaired) electrons. The normalized spacial score (nSPS) is 11.3. The van der Waals surface area contributed by atoms with Gasteiger partial charge in [0.1, 0.15) is 17.1 Å². The Bertz CT molecular complexity index is 1000. The van der Waals surface area contributed by atoms with Gasteiger partial charge in [-0.25, -0.2) is 9.37 Å². The molecule has 0 saturated heterocycles. The van der Waals surface area contributed by atoms with E-state index in [4.69, 9.17) is 9.72 Å². The molecular weight excluding hydrogens is 401 g/mol. The van der Waals surface area contributed by atoms with Gasteiger partial charge in [-0.3, -0.25) is 9.69 Å². The lowest BCUT2D eigenvalue weighted by atomic mass is 10.1. The lowest BCUT2D eigenvalue weighted by Gasteiger charge is -2.24. The van der Waals surface area contributed by atoms with Crippen LogP contribution < -0.4 is 9.64 Å². The number of halogens is 1. The Labute approximate surface area is 181 Å². The predicted molar refractivity (Wildman–Crippen MR) is 121 cm³/mol. The largest absolute Gasteiger partial charge is 0.494 e. The molecule has 0 saturated carbocycles. The van der Waals surface area contributed by atoms with Gasteiger partial charge in [-0.1, -0.05) is 43.4 Å². The summed E-state index contributed by atoms with van der Waals surface area (Å²) in [5.41, 5.74) is 2.66. The van der Waals surface area contributed by atoms with E-state index in [0.29, 0.717) is 17.4 Å². The van der Waals surface area contributed by atoms with Crippen molar-refractivity contribution in [1.29, 1.82) is 0 Å². The molecule has 30 heavy (non-hydrogen) atoms. The molecule has 1 heterocycles. The number of benzene rings is 2. The van der Waals surface area contributed by atoms with Crippen LogP contribution in [0.15, 0.2) is 36.4 Å². The third-order valence-electron chi connectivity index (χ3n) is 5.25. The number of hydrogen-bond acceptors (Lipinski definition) is 5. The lowest BCUT2D eigenvalue weighted by molar-refractivity contribution is -0.118. The van der Waals surface area contributed by atoms with Gasteiger partial charge in [0.05, 0.1) is 18.2 Å². The Morgan fingerprint density at radius 3 is 2.43 bits per heavy atom. The van der Waals surface area contributed by atoms with E-state index in [0.717, 1.165) is 41.0 Å². The molecule has 1 aromatic heterocycles. The number of methoxy groups -OCH3 is 1. The van der Waals surface area contributed by atoms with E-state index in [1.165, 1.54) is 23.5 Å². The number of amides is 1. The summed E-state index contributed by atoms with van der Waals surface area (Å²) in [6.45, 7) is 9.40. The molecule has 2 aromatic carbocycles.